The van der Waals surface area contributed by atoms with Crippen LogP contribution in [0.2, 0.25) is 4.34 Å². The first-order chi connectivity index (χ1) is 4.75. The van der Waals surface area contributed by atoms with Gasteiger partial charge in [-0.05, 0) is 12.1 Å². The van der Waals surface area contributed by atoms with Gasteiger partial charge in [0.25, 0.3) is 0 Å². The highest BCUT2D eigenvalue weighted by molar-refractivity contribution is 7.41. The normalized spacial score (nSPS) is 10.9. The summed E-state index contributed by atoms with van der Waals surface area (Å²) in [6.45, 7) is 0. The molecule has 0 aliphatic heterocycles. The van der Waals surface area contributed by atoms with E-state index in [4.69, 9.17) is 17.3 Å². The molecule has 0 aliphatic carbocycles. The van der Waals surface area contributed by atoms with Gasteiger partial charge in [-0.1, -0.05) is 11.6 Å². The van der Waals surface area contributed by atoms with Crippen LogP contribution in [-0.4, -0.2) is 0 Å². The van der Waals surface area contributed by atoms with E-state index in [0.29, 0.717) is 0 Å². The van der Waals surface area contributed by atoms with Gasteiger partial charge in [0.1, 0.15) is 0 Å². The molecule has 0 spiro atoms. The van der Waals surface area contributed by atoms with Crippen LogP contribution >= 0.6 is 34.3 Å². The SMILES string of the molecule is Nc1cc2cc(Cl)sc2s1. The monoisotopic (exact) mass is 189 g/mol. The number of nitrogen functional groups attached to an aromatic ring is 1. The highest BCUT2D eigenvalue weighted by Gasteiger charge is 2.01. The number of fused-ring (bicyclic) bond motifs is 1. The van der Waals surface area contributed by atoms with Crippen LogP contribution < -0.4 is 5.73 Å². The molecule has 0 bridgehead atoms. The molecule has 2 aromatic heterocycles. The number of hydrogen-bond donors (Lipinski definition) is 1. The molecular formula is C6H4ClNS2. The fourth-order valence-corrected chi connectivity index (χ4v) is 3.27. The summed E-state index contributed by atoms with van der Waals surface area (Å²) in [4.78, 5) is 0. The van der Waals surface area contributed by atoms with Gasteiger partial charge in [0.15, 0.2) is 0 Å². The molecule has 0 aromatic carbocycles. The first-order valence-corrected chi connectivity index (χ1v) is 4.71. The first kappa shape index (κ1) is 6.46. The van der Waals surface area contributed by atoms with E-state index in [0.717, 1.165) is 14.7 Å². The quantitative estimate of drug-likeness (QED) is 0.677. The Morgan fingerprint density at radius 3 is 2.80 bits per heavy atom. The zero-order valence-corrected chi connectivity index (χ0v) is 7.32. The van der Waals surface area contributed by atoms with Crippen molar-refractivity contribution in [2.24, 2.45) is 0 Å². The van der Waals surface area contributed by atoms with Gasteiger partial charge in [-0.25, -0.2) is 0 Å². The molecule has 2 rings (SSSR count). The van der Waals surface area contributed by atoms with Crippen LogP contribution in [0.5, 0.6) is 0 Å². The summed E-state index contributed by atoms with van der Waals surface area (Å²) in [5.74, 6) is 0. The highest BCUT2D eigenvalue weighted by Crippen LogP contribution is 2.36. The van der Waals surface area contributed by atoms with Crippen LogP contribution in [-0.2, 0) is 0 Å². The number of anilines is 1. The Morgan fingerprint density at radius 1 is 1.30 bits per heavy atom. The Kier molecular flexibility index (Phi) is 1.37. The Balaban J connectivity index is 2.83. The zero-order chi connectivity index (χ0) is 7.14. The van der Waals surface area contributed by atoms with Crippen LogP contribution in [0.4, 0.5) is 5.00 Å². The van der Waals surface area contributed by atoms with Crippen molar-refractivity contribution in [3.63, 3.8) is 0 Å². The smallest absolute Gasteiger partial charge is 0.0949 e. The molecule has 0 saturated heterocycles. The molecule has 0 aliphatic rings. The van der Waals surface area contributed by atoms with Crippen molar-refractivity contribution in [2.75, 3.05) is 5.73 Å². The first-order valence-electron chi connectivity index (χ1n) is 2.70. The number of hydrogen-bond acceptors (Lipinski definition) is 3. The summed E-state index contributed by atoms with van der Waals surface area (Å²) in [6.07, 6.45) is 0. The Hall–Kier alpha value is -0.250. The average Bonchev–Trinajstić information content (AvgIpc) is 2.21. The van der Waals surface area contributed by atoms with E-state index in [1.807, 2.05) is 12.1 Å². The second-order valence-corrected chi connectivity index (χ2v) is 4.97. The average molecular weight is 190 g/mol. The van der Waals surface area contributed by atoms with Crippen LogP contribution in [0.3, 0.4) is 0 Å². The van der Waals surface area contributed by atoms with E-state index in [2.05, 4.69) is 0 Å². The van der Waals surface area contributed by atoms with Gasteiger partial charge < -0.3 is 5.73 Å². The number of nitrogens with two attached hydrogens (primary N) is 1. The van der Waals surface area contributed by atoms with Gasteiger partial charge in [-0.15, -0.1) is 22.7 Å². The minimum absolute atomic E-state index is 0.834. The third kappa shape index (κ3) is 0.905. The molecule has 0 fully saturated rings. The van der Waals surface area contributed by atoms with Crippen LogP contribution in [0.1, 0.15) is 0 Å². The van der Waals surface area contributed by atoms with E-state index in [1.165, 1.54) is 4.01 Å². The Morgan fingerprint density at radius 2 is 2.10 bits per heavy atom. The van der Waals surface area contributed by atoms with E-state index in [9.17, 15) is 0 Å². The van der Waals surface area contributed by atoms with Crippen molar-refractivity contribution < 1.29 is 0 Å². The van der Waals surface area contributed by atoms with Crippen LogP contribution in [0, 0.1) is 0 Å². The maximum Gasteiger partial charge on any atom is 0.0949 e. The second-order valence-electron chi connectivity index (χ2n) is 1.94. The third-order valence-corrected chi connectivity index (χ3v) is 3.55. The van der Waals surface area contributed by atoms with Crippen molar-refractivity contribution in [1.82, 2.24) is 0 Å². The Bertz CT molecular complexity index is 300. The molecule has 0 atom stereocenters. The maximum absolute atomic E-state index is 5.76. The summed E-state index contributed by atoms with van der Waals surface area (Å²) in [7, 11) is 0. The van der Waals surface area contributed by atoms with E-state index in [1.54, 1.807) is 22.7 Å². The summed E-state index contributed by atoms with van der Waals surface area (Å²) in [5.41, 5.74) is 5.57. The molecule has 4 heteroatoms. The number of rotatable bonds is 0. The third-order valence-electron chi connectivity index (χ3n) is 1.20. The van der Waals surface area contributed by atoms with Gasteiger partial charge in [-0.2, -0.15) is 0 Å². The van der Waals surface area contributed by atoms with E-state index < -0.39 is 0 Å². The van der Waals surface area contributed by atoms with Gasteiger partial charge in [0, 0.05) is 5.39 Å². The molecule has 2 aromatic rings. The van der Waals surface area contributed by atoms with Crippen molar-refractivity contribution in [1.29, 1.82) is 0 Å². The molecule has 52 valence electrons. The lowest BCUT2D eigenvalue weighted by Gasteiger charge is -1.74. The van der Waals surface area contributed by atoms with Crippen LogP contribution in [0.25, 0.3) is 9.40 Å². The lowest BCUT2D eigenvalue weighted by atomic mass is 10.4. The minimum atomic E-state index is 0.834. The largest absolute Gasteiger partial charge is 0.391 e. The number of halogens is 1. The molecule has 0 unspecified atom stereocenters. The van der Waals surface area contributed by atoms with Gasteiger partial charge in [0.05, 0.1) is 13.4 Å². The molecule has 2 N–H and O–H groups in total. The fraction of sp³-hybridized carbons (Fsp3) is 0. The predicted molar refractivity (Wildman–Crippen MR) is 49.1 cm³/mol. The van der Waals surface area contributed by atoms with Crippen molar-refractivity contribution >= 4 is 48.7 Å². The molecule has 2 heterocycles. The molecule has 1 nitrogen and oxygen atoms in total. The molecule has 0 saturated carbocycles. The second kappa shape index (κ2) is 2.12. The topological polar surface area (TPSA) is 26.0 Å². The van der Waals surface area contributed by atoms with Crippen molar-refractivity contribution in [3.05, 3.63) is 16.5 Å². The van der Waals surface area contributed by atoms with E-state index >= 15 is 0 Å². The number of thiophene rings is 2. The summed E-state index contributed by atoms with van der Waals surface area (Å²) >= 11 is 8.92. The molecular weight excluding hydrogens is 186 g/mol. The van der Waals surface area contributed by atoms with Gasteiger partial charge >= 0.3 is 0 Å². The van der Waals surface area contributed by atoms with E-state index in [-0.39, 0.29) is 0 Å². The van der Waals surface area contributed by atoms with Crippen molar-refractivity contribution in [2.45, 2.75) is 0 Å². The Labute approximate surface area is 71.0 Å². The standard InChI is InChI=1S/C6H4ClNS2/c7-4-1-3-2-5(8)10-6(3)9-4/h1-2H,8H2. The summed E-state index contributed by atoms with van der Waals surface area (Å²) in [5, 5.41) is 2.02. The molecule has 10 heavy (non-hydrogen) atoms. The molecule has 0 amide bonds. The van der Waals surface area contributed by atoms with Gasteiger partial charge in [0.2, 0.25) is 0 Å². The van der Waals surface area contributed by atoms with Gasteiger partial charge in [-0.3, -0.25) is 0 Å². The lowest BCUT2D eigenvalue weighted by molar-refractivity contribution is 1.99. The summed E-state index contributed by atoms with van der Waals surface area (Å²) in [6, 6.07) is 3.89. The zero-order valence-electron chi connectivity index (χ0n) is 4.93. The fourth-order valence-electron chi connectivity index (χ4n) is 0.828. The van der Waals surface area contributed by atoms with Crippen molar-refractivity contribution in [3.8, 4) is 0 Å². The predicted octanol–water partition coefficient (Wildman–Crippen LogP) is 3.20. The summed E-state index contributed by atoms with van der Waals surface area (Å²) < 4.78 is 2.05. The minimum Gasteiger partial charge on any atom is -0.391 e. The highest BCUT2D eigenvalue weighted by atomic mass is 35.5. The lowest BCUT2D eigenvalue weighted by Crippen LogP contribution is -1.72. The maximum atomic E-state index is 5.76. The molecule has 0 radical (unpaired) electrons. The van der Waals surface area contributed by atoms with Crippen LogP contribution in [0.15, 0.2) is 12.1 Å².